The first kappa shape index (κ1) is 62.4. The number of aryl methyl sites for hydroxylation is 1. The maximum atomic E-state index is 14.8. The lowest BCUT2D eigenvalue weighted by atomic mass is 9.90. The summed E-state index contributed by atoms with van der Waals surface area (Å²) in [6.07, 6.45) is 10.3. The van der Waals surface area contributed by atoms with E-state index in [1.54, 1.807) is 59.5 Å². The van der Waals surface area contributed by atoms with Gasteiger partial charge >= 0.3 is 12.1 Å². The van der Waals surface area contributed by atoms with Crippen LogP contribution >= 0.6 is 0 Å². The molecule has 5 atom stereocenters. The Bertz CT molecular complexity index is 3410. The van der Waals surface area contributed by atoms with Crippen LogP contribution in [0.15, 0.2) is 100 Å². The fourth-order valence-corrected chi connectivity index (χ4v) is 11.2. The number of ether oxygens (including phenoxy) is 1. The molecule has 452 valence electrons. The number of amides is 6. The topological polar surface area (TPSA) is 276 Å². The van der Waals surface area contributed by atoms with Gasteiger partial charge in [-0.2, -0.15) is 0 Å². The standard InChI is InChI=1S/C64H79N9O12/c1-39(2)33-55(76)71-32-29-43-22-28-52(73(43)61(80)51(37-71)66-58(77)40(3)70(7)63(83)85-64(4,5)6)60(79)67-57(41-19-15-14-16-20-41)50-38-72(69-68-50)31-18-13-11-9-8-10-12-17-30-65-59(78)42-21-25-46(49(34-42)62(81)82)56-47-26-23-44(74)35-53(47)84-54-36-45(75)24-27-48(54)56/h14-16,19-21,23-27,34-36,38-40,43,51-52,57,74H,8-13,17-18,22,28-33,37H2,1-7H3,(H,65,78)(H,66,77)(H,67,79)(H,81,82)/t40-,43+,51-,52-,57-/m0/s1. The Balaban J connectivity index is 0.808. The van der Waals surface area contributed by atoms with Gasteiger partial charge in [-0.05, 0) is 113 Å². The summed E-state index contributed by atoms with van der Waals surface area (Å²) >= 11 is 0. The van der Waals surface area contributed by atoms with Crippen molar-refractivity contribution >= 4 is 52.6 Å². The molecule has 4 heterocycles. The van der Waals surface area contributed by atoms with Crippen LogP contribution in [-0.2, 0) is 30.5 Å². The zero-order valence-electron chi connectivity index (χ0n) is 49.6. The van der Waals surface area contributed by atoms with Crippen LogP contribution in [0.1, 0.15) is 157 Å². The summed E-state index contributed by atoms with van der Waals surface area (Å²) in [4.78, 5) is 112. The Labute approximate surface area is 494 Å². The van der Waals surface area contributed by atoms with Crippen LogP contribution in [0.5, 0.6) is 5.75 Å². The highest BCUT2D eigenvalue weighted by atomic mass is 16.6. The minimum Gasteiger partial charge on any atom is -0.508 e. The monoisotopic (exact) mass is 1170 g/mol. The van der Waals surface area contributed by atoms with Gasteiger partial charge in [-0.1, -0.05) is 94.0 Å². The number of aromatic nitrogens is 3. The average Bonchev–Trinajstić information content (AvgIpc) is 1.48. The van der Waals surface area contributed by atoms with Crippen LogP contribution in [0.2, 0.25) is 0 Å². The van der Waals surface area contributed by atoms with Gasteiger partial charge in [0.2, 0.25) is 23.6 Å². The van der Waals surface area contributed by atoms with Gasteiger partial charge in [0, 0.05) is 79.9 Å². The molecule has 21 heteroatoms. The third-order valence-electron chi connectivity index (χ3n) is 15.7. The van der Waals surface area contributed by atoms with Crippen molar-refractivity contribution in [2.75, 3.05) is 26.7 Å². The van der Waals surface area contributed by atoms with Gasteiger partial charge < -0.3 is 45.1 Å². The number of hydrogen-bond donors (Lipinski definition) is 5. The fourth-order valence-electron chi connectivity index (χ4n) is 11.2. The highest BCUT2D eigenvalue weighted by Gasteiger charge is 2.46. The van der Waals surface area contributed by atoms with E-state index in [0.29, 0.717) is 66.7 Å². The number of nitrogens with one attached hydrogen (secondary N) is 3. The van der Waals surface area contributed by atoms with Crippen LogP contribution in [0, 0.1) is 5.92 Å². The Morgan fingerprint density at radius 2 is 1.54 bits per heavy atom. The summed E-state index contributed by atoms with van der Waals surface area (Å²) < 4.78 is 13.2. The molecule has 0 bridgehead atoms. The number of carbonyl (C=O) groups excluding carboxylic acids is 6. The number of phenols is 1. The van der Waals surface area contributed by atoms with Crippen LogP contribution in [-0.4, -0.2) is 138 Å². The second-order valence-corrected chi connectivity index (χ2v) is 23.8. The van der Waals surface area contributed by atoms with E-state index in [0.717, 1.165) is 61.8 Å². The van der Waals surface area contributed by atoms with E-state index in [1.807, 2.05) is 50.4 Å². The van der Waals surface area contributed by atoms with Gasteiger partial charge in [-0.15, -0.1) is 5.10 Å². The number of carboxylic acids is 1. The second-order valence-electron chi connectivity index (χ2n) is 23.8. The van der Waals surface area contributed by atoms with E-state index in [9.17, 15) is 48.6 Å². The predicted octanol–water partition coefficient (Wildman–Crippen LogP) is 8.69. The first-order valence-electron chi connectivity index (χ1n) is 29.5. The molecule has 2 fully saturated rings. The normalized spacial score (nSPS) is 17.0. The number of aromatic carboxylic acids is 1. The largest absolute Gasteiger partial charge is 0.508 e. The molecule has 3 aliphatic heterocycles. The van der Waals surface area contributed by atoms with Gasteiger partial charge in [0.25, 0.3) is 5.91 Å². The third-order valence-corrected chi connectivity index (χ3v) is 15.7. The van der Waals surface area contributed by atoms with Crippen molar-refractivity contribution in [2.45, 2.75) is 161 Å². The molecule has 6 amide bonds. The zero-order chi connectivity index (χ0) is 61.1. The van der Waals surface area contributed by atoms with Crippen molar-refractivity contribution in [3.63, 3.8) is 0 Å². The number of nitrogens with zero attached hydrogens (tertiary/aromatic N) is 6. The molecular weight excluding hydrogens is 1090 g/mol. The smallest absolute Gasteiger partial charge is 0.410 e. The minimum atomic E-state index is -1.23. The highest BCUT2D eigenvalue weighted by Crippen LogP contribution is 2.42. The molecular formula is C64H79N9O12. The van der Waals surface area contributed by atoms with Gasteiger partial charge in [0.1, 0.15) is 46.5 Å². The Morgan fingerprint density at radius 3 is 2.25 bits per heavy atom. The van der Waals surface area contributed by atoms with Gasteiger partial charge in [0.15, 0.2) is 5.43 Å². The summed E-state index contributed by atoms with van der Waals surface area (Å²) in [5.41, 5.74) is 1.93. The molecule has 1 aromatic heterocycles. The molecule has 0 saturated carbocycles. The highest BCUT2D eigenvalue weighted by molar-refractivity contribution is 6.09. The Kier molecular flexibility index (Phi) is 20.5. The van der Waals surface area contributed by atoms with Crippen LogP contribution < -0.4 is 21.4 Å². The van der Waals surface area contributed by atoms with Gasteiger partial charge in [-0.25, -0.2) is 9.59 Å². The summed E-state index contributed by atoms with van der Waals surface area (Å²) in [5, 5.41) is 38.9. The predicted molar refractivity (Wildman–Crippen MR) is 319 cm³/mol. The second kappa shape index (κ2) is 27.8. The molecule has 85 heavy (non-hydrogen) atoms. The Hall–Kier alpha value is -8.62. The quantitative estimate of drug-likeness (QED) is 0.0297. The number of unbranched alkanes of at least 4 members (excludes halogenated alkanes) is 7. The first-order chi connectivity index (χ1) is 40.6. The van der Waals surface area contributed by atoms with Crippen molar-refractivity contribution in [1.29, 1.82) is 0 Å². The number of benzene rings is 4. The number of aromatic hydroxyl groups is 1. The lowest BCUT2D eigenvalue weighted by molar-refractivity contribution is -0.147. The Morgan fingerprint density at radius 1 is 0.835 bits per heavy atom. The fraction of sp³-hybridized carbons (Fsp3) is 0.469. The molecule has 0 radical (unpaired) electrons. The average molecular weight is 1170 g/mol. The van der Waals surface area contributed by atoms with Crippen molar-refractivity contribution < 1.29 is 52.9 Å². The van der Waals surface area contributed by atoms with Gasteiger partial charge in [0.05, 0.1) is 17.8 Å². The summed E-state index contributed by atoms with van der Waals surface area (Å²) in [6.45, 7) is 11.9. The number of hydrogen-bond acceptors (Lipinski definition) is 13. The summed E-state index contributed by atoms with van der Waals surface area (Å²) in [7, 11) is 1.45. The molecule has 0 unspecified atom stereocenters. The van der Waals surface area contributed by atoms with E-state index < -0.39 is 53.6 Å². The maximum absolute atomic E-state index is 14.8. The number of phenolic OH excluding ortho intramolecular Hbond substituents is 1. The lowest BCUT2D eigenvalue weighted by Gasteiger charge is -2.39. The van der Waals surface area contributed by atoms with Gasteiger partial charge in [-0.3, -0.25) is 38.3 Å². The molecule has 3 aromatic carbocycles. The number of carbonyl (C=O) groups is 7. The molecule has 2 saturated heterocycles. The molecule has 21 nitrogen and oxygen atoms in total. The minimum absolute atomic E-state index is 0.0564. The van der Waals surface area contributed by atoms with E-state index in [4.69, 9.17) is 9.15 Å². The summed E-state index contributed by atoms with van der Waals surface area (Å²) in [5.74, 6) is -2.98. The van der Waals surface area contributed by atoms with Crippen LogP contribution in [0.25, 0.3) is 33.4 Å². The van der Waals surface area contributed by atoms with Crippen LogP contribution in [0.4, 0.5) is 4.79 Å². The van der Waals surface area contributed by atoms with Crippen molar-refractivity contribution in [1.82, 2.24) is 45.6 Å². The maximum Gasteiger partial charge on any atom is 0.410 e. The van der Waals surface area contributed by atoms with Crippen molar-refractivity contribution in [2.24, 2.45) is 5.92 Å². The lowest BCUT2D eigenvalue weighted by Crippen LogP contribution is -2.62. The van der Waals surface area contributed by atoms with Crippen LogP contribution in [0.3, 0.4) is 0 Å². The first-order valence-corrected chi connectivity index (χ1v) is 29.5. The number of fused-ring (bicyclic) bond motifs is 3. The van der Waals surface area contributed by atoms with E-state index in [1.165, 1.54) is 44.3 Å². The number of carboxylic acid groups (broad SMARTS) is 1. The molecule has 1 aliphatic carbocycles. The van der Waals surface area contributed by atoms with Crippen molar-refractivity contribution in [3.8, 4) is 28.2 Å². The molecule has 4 aromatic rings. The summed E-state index contributed by atoms with van der Waals surface area (Å²) in [6, 6.07) is 18.6. The molecule has 8 rings (SSSR count). The van der Waals surface area contributed by atoms with E-state index >= 15 is 0 Å². The molecule has 5 N–H and O–H groups in total. The number of likely N-dealkylation sites (N-methyl/N-ethyl adjacent to an activating group) is 1. The SMILES string of the molecule is CC(C)CC(=O)N1CC[C@H]2CC[C@@H](C(=O)N[C@@H](c3ccccc3)c3cn(CCCCCCCCCCNC(=O)c4ccc(-c5c6ccc(=O)cc-6oc6cc(O)ccc56)c(C(=O)O)c4)nn3)N2C(=O)[C@@H](NC(=O)[C@H](C)N(C)C(=O)OC(C)(C)C)C1. The molecule has 0 spiro atoms. The zero-order valence-corrected chi connectivity index (χ0v) is 49.6. The number of rotatable bonds is 23. The van der Waals surface area contributed by atoms with Crippen molar-refractivity contribution in [3.05, 3.63) is 124 Å². The van der Waals surface area contributed by atoms with E-state index in [-0.39, 0.29) is 76.3 Å². The third kappa shape index (κ3) is 15.8. The van der Waals surface area contributed by atoms with E-state index in [2.05, 4.69) is 26.3 Å². The molecule has 4 aliphatic rings.